The molecule has 0 aliphatic rings. The maximum Gasteiger partial charge on any atom is 0.0716 e. The summed E-state index contributed by atoms with van der Waals surface area (Å²) in [6, 6.07) is 4.49. The van der Waals surface area contributed by atoms with Crippen LogP contribution in [0.3, 0.4) is 0 Å². The molecule has 0 bridgehead atoms. The monoisotopic (exact) mass is 262 g/mol. The fraction of sp³-hybridized carbons (Fsp3) is 0. The van der Waals surface area contributed by atoms with E-state index < -0.39 is 5.97 Å². The van der Waals surface area contributed by atoms with E-state index in [9.17, 15) is 9.90 Å². The number of hydrogen-bond acceptors (Lipinski definition) is 3. The SMILES string of the molecule is Nc1cc(C(=O)[O-])ccc1I. The maximum absolute atomic E-state index is 10.3. The molecule has 4 heteroatoms. The lowest BCUT2D eigenvalue weighted by molar-refractivity contribution is -0.255. The highest BCUT2D eigenvalue weighted by atomic mass is 127. The number of aromatic carboxylic acids is 1. The van der Waals surface area contributed by atoms with E-state index in [2.05, 4.69) is 0 Å². The Bertz CT molecular complexity index is 298. The van der Waals surface area contributed by atoms with Gasteiger partial charge in [0.15, 0.2) is 0 Å². The number of benzene rings is 1. The van der Waals surface area contributed by atoms with Crippen LogP contribution in [0, 0.1) is 3.57 Å². The Morgan fingerprint density at radius 2 is 2.18 bits per heavy atom. The van der Waals surface area contributed by atoms with Crippen LogP contribution < -0.4 is 10.8 Å². The summed E-state index contributed by atoms with van der Waals surface area (Å²) in [7, 11) is 0. The predicted octanol–water partition coefficient (Wildman–Crippen LogP) is 0.237. The Morgan fingerprint density at radius 1 is 1.55 bits per heavy atom. The highest BCUT2D eigenvalue weighted by Crippen LogP contribution is 2.15. The molecule has 1 aromatic carbocycles. The minimum Gasteiger partial charge on any atom is -0.545 e. The zero-order valence-corrected chi connectivity index (χ0v) is 7.66. The highest BCUT2D eigenvalue weighted by Gasteiger charge is 1.97. The molecular formula is C7H5INO2-. The Balaban J connectivity index is 3.15. The van der Waals surface area contributed by atoms with E-state index in [-0.39, 0.29) is 5.56 Å². The first-order chi connectivity index (χ1) is 5.11. The van der Waals surface area contributed by atoms with Gasteiger partial charge in [-0.15, -0.1) is 0 Å². The number of nitrogens with two attached hydrogens (primary N) is 1. The quantitative estimate of drug-likeness (QED) is 0.582. The van der Waals surface area contributed by atoms with E-state index in [1.54, 1.807) is 6.07 Å². The van der Waals surface area contributed by atoms with Crippen LogP contribution in [0.5, 0.6) is 0 Å². The van der Waals surface area contributed by atoms with Gasteiger partial charge in [-0.3, -0.25) is 0 Å². The fourth-order valence-corrected chi connectivity index (χ4v) is 1.01. The Labute approximate surface area is 77.4 Å². The van der Waals surface area contributed by atoms with Crippen molar-refractivity contribution in [2.75, 3.05) is 5.73 Å². The van der Waals surface area contributed by atoms with E-state index in [1.807, 2.05) is 22.6 Å². The molecular weight excluding hydrogens is 257 g/mol. The summed E-state index contributed by atoms with van der Waals surface area (Å²) in [5.74, 6) is -1.20. The third-order valence-corrected chi connectivity index (χ3v) is 2.21. The number of hydrogen-bond donors (Lipinski definition) is 1. The molecule has 0 fully saturated rings. The normalized spacial score (nSPS) is 9.55. The van der Waals surface area contributed by atoms with Crippen LogP contribution in [0.4, 0.5) is 5.69 Å². The standard InChI is InChI=1S/C7H6INO2/c8-5-2-1-4(7(10)11)3-6(5)9/h1-3H,9H2,(H,10,11)/p-1. The van der Waals surface area contributed by atoms with E-state index in [4.69, 9.17) is 5.73 Å². The third kappa shape index (κ3) is 1.83. The molecule has 58 valence electrons. The molecule has 0 aliphatic carbocycles. The van der Waals surface area contributed by atoms with E-state index in [1.165, 1.54) is 12.1 Å². The van der Waals surface area contributed by atoms with Crippen molar-refractivity contribution in [3.63, 3.8) is 0 Å². The van der Waals surface area contributed by atoms with Crippen molar-refractivity contribution in [1.82, 2.24) is 0 Å². The van der Waals surface area contributed by atoms with Gasteiger partial charge in [-0.25, -0.2) is 0 Å². The van der Waals surface area contributed by atoms with E-state index >= 15 is 0 Å². The second-order valence-electron chi connectivity index (χ2n) is 2.02. The number of anilines is 1. The molecule has 3 nitrogen and oxygen atoms in total. The predicted molar refractivity (Wildman–Crippen MR) is 47.9 cm³/mol. The molecule has 0 radical (unpaired) electrons. The second-order valence-corrected chi connectivity index (χ2v) is 3.19. The zero-order chi connectivity index (χ0) is 8.43. The van der Waals surface area contributed by atoms with Crippen molar-refractivity contribution in [2.24, 2.45) is 0 Å². The number of carbonyl (C=O) groups excluding carboxylic acids is 1. The van der Waals surface area contributed by atoms with Crippen molar-refractivity contribution in [2.45, 2.75) is 0 Å². The second kappa shape index (κ2) is 3.08. The van der Waals surface area contributed by atoms with Crippen molar-refractivity contribution < 1.29 is 9.90 Å². The Hall–Kier alpha value is -0.780. The number of carboxylic acid groups (broad SMARTS) is 1. The summed E-state index contributed by atoms with van der Waals surface area (Å²) in [6.07, 6.45) is 0. The molecule has 0 saturated carbocycles. The average molecular weight is 262 g/mol. The Kier molecular flexibility index (Phi) is 2.33. The molecule has 0 amide bonds. The third-order valence-electron chi connectivity index (χ3n) is 1.23. The summed E-state index contributed by atoms with van der Waals surface area (Å²) >= 11 is 2.03. The molecule has 2 N–H and O–H groups in total. The van der Waals surface area contributed by atoms with Crippen LogP contribution in [0.2, 0.25) is 0 Å². The van der Waals surface area contributed by atoms with Crippen LogP contribution in [-0.4, -0.2) is 5.97 Å². The van der Waals surface area contributed by atoms with Gasteiger partial charge in [-0.2, -0.15) is 0 Å². The van der Waals surface area contributed by atoms with Gasteiger partial charge in [0.2, 0.25) is 0 Å². The minimum atomic E-state index is -1.20. The lowest BCUT2D eigenvalue weighted by Crippen LogP contribution is -2.22. The van der Waals surface area contributed by atoms with E-state index in [0.717, 1.165) is 3.57 Å². The van der Waals surface area contributed by atoms with Gasteiger partial charge in [-0.1, -0.05) is 6.07 Å². The highest BCUT2D eigenvalue weighted by molar-refractivity contribution is 14.1. The summed E-state index contributed by atoms with van der Waals surface area (Å²) < 4.78 is 0.840. The van der Waals surface area contributed by atoms with Crippen molar-refractivity contribution >= 4 is 34.2 Å². The molecule has 0 unspecified atom stereocenters. The molecule has 0 spiro atoms. The van der Waals surface area contributed by atoms with Crippen LogP contribution in [0.15, 0.2) is 18.2 Å². The number of carbonyl (C=O) groups is 1. The number of halogens is 1. The lowest BCUT2D eigenvalue weighted by atomic mass is 10.2. The van der Waals surface area contributed by atoms with Gasteiger partial charge in [0.05, 0.1) is 5.97 Å². The summed E-state index contributed by atoms with van der Waals surface area (Å²) in [4.78, 5) is 10.3. The lowest BCUT2D eigenvalue weighted by Gasteiger charge is -2.03. The zero-order valence-electron chi connectivity index (χ0n) is 5.50. The molecule has 0 aliphatic heterocycles. The van der Waals surface area contributed by atoms with Crippen LogP contribution in [0.1, 0.15) is 10.4 Å². The van der Waals surface area contributed by atoms with Crippen LogP contribution >= 0.6 is 22.6 Å². The summed E-state index contributed by atoms with van der Waals surface area (Å²) in [5, 5.41) is 10.3. The smallest absolute Gasteiger partial charge is 0.0716 e. The Morgan fingerprint density at radius 3 is 2.64 bits per heavy atom. The minimum absolute atomic E-state index is 0.114. The fourth-order valence-electron chi connectivity index (χ4n) is 0.671. The molecule has 0 atom stereocenters. The summed E-state index contributed by atoms with van der Waals surface area (Å²) in [6.45, 7) is 0. The van der Waals surface area contributed by atoms with Crippen LogP contribution in [-0.2, 0) is 0 Å². The van der Waals surface area contributed by atoms with Gasteiger partial charge in [0.25, 0.3) is 0 Å². The first-order valence-electron chi connectivity index (χ1n) is 2.87. The van der Waals surface area contributed by atoms with Gasteiger partial charge < -0.3 is 15.6 Å². The molecule has 1 aromatic rings. The van der Waals surface area contributed by atoms with Gasteiger partial charge in [0.1, 0.15) is 0 Å². The first kappa shape index (κ1) is 8.32. The molecule has 0 saturated heterocycles. The largest absolute Gasteiger partial charge is 0.545 e. The van der Waals surface area contributed by atoms with Crippen molar-refractivity contribution in [1.29, 1.82) is 0 Å². The van der Waals surface area contributed by atoms with Crippen molar-refractivity contribution in [3.8, 4) is 0 Å². The molecule has 11 heavy (non-hydrogen) atoms. The topological polar surface area (TPSA) is 66.2 Å². The number of nitrogen functional groups attached to an aromatic ring is 1. The average Bonchev–Trinajstić information content (AvgIpc) is 1.94. The molecule has 1 rings (SSSR count). The van der Waals surface area contributed by atoms with Crippen LogP contribution in [0.25, 0.3) is 0 Å². The number of rotatable bonds is 1. The summed E-state index contributed by atoms with van der Waals surface area (Å²) in [5.41, 5.74) is 6.04. The molecule has 0 aromatic heterocycles. The van der Waals surface area contributed by atoms with E-state index in [0.29, 0.717) is 5.69 Å². The van der Waals surface area contributed by atoms with Crippen molar-refractivity contribution in [3.05, 3.63) is 27.3 Å². The van der Waals surface area contributed by atoms with Gasteiger partial charge >= 0.3 is 0 Å². The first-order valence-corrected chi connectivity index (χ1v) is 3.95. The molecule has 0 heterocycles. The van der Waals surface area contributed by atoms with Gasteiger partial charge in [-0.05, 0) is 40.3 Å². The number of carboxylic acids is 1. The maximum atomic E-state index is 10.3. The van der Waals surface area contributed by atoms with Gasteiger partial charge in [0, 0.05) is 9.26 Å².